The van der Waals surface area contributed by atoms with Crippen LogP contribution in [0.1, 0.15) is 39.3 Å². The van der Waals surface area contributed by atoms with Crippen molar-refractivity contribution >= 4 is 54.2 Å². The van der Waals surface area contributed by atoms with Crippen molar-refractivity contribution in [2.75, 3.05) is 47.9 Å². The Morgan fingerprint density at radius 1 is 1.23 bits per heavy atom. The van der Waals surface area contributed by atoms with Gasteiger partial charge in [0.15, 0.2) is 5.69 Å². The van der Waals surface area contributed by atoms with Gasteiger partial charge in [0.2, 0.25) is 11.2 Å². The van der Waals surface area contributed by atoms with E-state index in [-0.39, 0.29) is 65.7 Å². The molecule has 1 aromatic heterocycles. The number of fused-ring (bicyclic) bond motifs is 2. The summed E-state index contributed by atoms with van der Waals surface area (Å²) < 4.78 is 26.7. The zero-order valence-corrected chi connectivity index (χ0v) is 24.9. The van der Waals surface area contributed by atoms with Gasteiger partial charge in [-0.1, -0.05) is 23.7 Å². The molecule has 4 rings (SSSR count). The van der Waals surface area contributed by atoms with E-state index in [1.807, 2.05) is 0 Å². The predicted octanol–water partition coefficient (Wildman–Crippen LogP) is 2.72. The molecule has 2 aromatic rings. The Balaban J connectivity index is 0.00000280. The number of nitrogens with one attached hydrogen (secondary N) is 1. The summed E-state index contributed by atoms with van der Waals surface area (Å²) in [4.78, 5) is 55.6. The minimum absolute atomic E-state index is 0. The first kappa shape index (κ1) is 33.5. The number of nitrogens with zero attached hydrogens (tertiary/aromatic N) is 3. The number of amides is 2. The molecule has 0 unspecified atom stereocenters. The lowest BCUT2D eigenvalue weighted by Gasteiger charge is -2.54. The lowest BCUT2D eigenvalue weighted by atomic mass is 9.67. The number of halogens is 4. The molecule has 2 heterocycles. The quantitative estimate of drug-likeness (QED) is 0.452. The molecule has 40 heavy (non-hydrogen) atoms. The Bertz CT molecular complexity index is 1350. The molecular formula is C26H32Cl3FN4O6. The fourth-order valence-corrected chi connectivity index (χ4v) is 5.44. The van der Waals surface area contributed by atoms with E-state index >= 15 is 0 Å². The molecule has 10 nitrogen and oxygen atoms in total. The van der Waals surface area contributed by atoms with Crippen molar-refractivity contribution < 1.29 is 28.2 Å². The van der Waals surface area contributed by atoms with E-state index in [0.717, 1.165) is 0 Å². The molecule has 2 aliphatic rings. The minimum Gasteiger partial charge on any atom is -0.419 e. The fraction of sp³-hybridized carbons (Fsp3) is 0.462. The van der Waals surface area contributed by atoms with Crippen molar-refractivity contribution in [3.63, 3.8) is 0 Å². The summed E-state index contributed by atoms with van der Waals surface area (Å²) in [6.45, 7) is 0.499. The minimum atomic E-state index is -0.904. The highest BCUT2D eigenvalue weighted by molar-refractivity contribution is 6.30. The third-order valence-electron chi connectivity index (χ3n) is 6.87. The molecular weight excluding hydrogens is 590 g/mol. The summed E-state index contributed by atoms with van der Waals surface area (Å²) in [6.07, 6.45) is 2.61. The summed E-state index contributed by atoms with van der Waals surface area (Å²) in [5, 5.41) is 2.44. The molecule has 1 N–H and O–H groups in total. The van der Waals surface area contributed by atoms with Gasteiger partial charge < -0.3 is 24.3 Å². The molecule has 0 saturated heterocycles. The van der Waals surface area contributed by atoms with Gasteiger partial charge in [-0.15, -0.1) is 24.8 Å². The molecule has 1 aromatic carbocycles. The molecule has 0 atom stereocenters. The van der Waals surface area contributed by atoms with Gasteiger partial charge in [0.25, 0.3) is 11.8 Å². The normalized spacial score (nSPS) is 19.3. The lowest BCUT2D eigenvalue weighted by Crippen LogP contribution is -2.60. The number of carbonyl (C=O) groups excluding carboxylic acids is 3. The number of benzene rings is 1. The average molecular weight is 622 g/mol. The van der Waals surface area contributed by atoms with Crippen LogP contribution in [0.4, 0.5) is 4.39 Å². The summed E-state index contributed by atoms with van der Waals surface area (Å²) in [6, 6.07) is 4.39. The molecule has 1 aliphatic carbocycles. The third kappa shape index (κ3) is 6.44. The second-order valence-corrected chi connectivity index (χ2v) is 10.5. The number of pyridine rings is 1. The summed E-state index contributed by atoms with van der Waals surface area (Å²) in [5.74, 6) is -3.01. The Labute approximate surface area is 248 Å². The molecule has 2 amide bonds. The van der Waals surface area contributed by atoms with Crippen LogP contribution in [0.2, 0.25) is 5.02 Å². The standard InChI is InChI=1S/C26H30ClFN4O6.2ClH/c1-30(2)12-19(33)38-23-21-25(36)31(3)14-26(8-15(9-26)13-37-4)32(21)11-17(22(23)34)24(35)29-10-16-6-5-7-18(27)20(16)28;;/h5-7,11,15H,8-10,12-14H2,1-4H3,(H,29,35);2*1H. The van der Waals surface area contributed by atoms with Crippen LogP contribution in [0, 0.1) is 11.7 Å². The van der Waals surface area contributed by atoms with Crippen LogP contribution in [0.25, 0.3) is 0 Å². The van der Waals surface area contributed by atoms with E-state index < -0.39 is 40.3 Å². The molecule has 1 spiro atoms. The number of ether oxygens (including phenoxy) is 2. The maximum atomic E-state index is 14.3. The van der Waals surface area contributed by atoms with Crippen LogP contribution in [-0.2, 0) is 21.6 Å². The Morgan fingerprint density at radius 2 is 1.90 bits per heavy atom. The van der Waals surface area contributed by atoms with E-state index in [0.29, 0.717) is 26.0 Å². The monoisotopic (exact) mass is 620 g/mol. The van der Waals surface area contributed by atoms with Gasteiger partial charge in [-0.05, 0) is 38.9 Å². The van der Waals surface area contributed by atoms with Crippen molar-refractivity contribution in [2.24, 2.45) is 5.92 Å². The number of likely N-dealkylation sites (N-methyl/N-ethyl adjacent to an activating group) is 2. The van der Waals surface area contributed by atoms with E-state index in [2.05, 4.69) is 5.32 Å². The van der Waals surface area contributed by atoms with Gasteiger partial charge in [0.1, 0.15) is 11.4 Å². The second-order valence-electron chi connectivity index (χ2n) is 10.1. The van der Waals surface area contributed by atoms with E-state index in [1.54, 1.807) is 43.8 Å². The number of hydrogen-bond donors (Lipinski definition) is 1. The largest absolute Gasteiger partial charge is 0.419 e. The molecule has 1 aliphatic heterocycles. The highest BCUT2D eigenvalue weighted by atomic mass is 35.5. The zero-order valence-electron chi connectivity index (χ0n) is 22.5. The van der Waals surface area contributed by atoms with Crippen LogP contribution in [-0.4, -0.2) is 80.1 Å². The summed E-state index contributed by atoms with van der Waals surface area (Å²) >= 11 is 5.83. The highest BCUT2D eigenvalue weighted by Gasteiger charge is 2.52. The van der Waals surface area contributed by atoms with Crippen LogP contribution in [0.3, 0.4) is 0 Å². The smallest absolute Gasteiger partial charge is 0.325 e. The highest BCUT2D eigenvalue weighted by Crippen LogP contribution is 2.48. The number of carbonyl (C=O) groups is 3. The van der Waals surface area contributed by atoms with Gasteiger partial charge in [0, 0.05) is 45.6 Å². The lowest BCUT2D eigenvalue weighted by molar-refractivity contribution is -0.135. The van der Waals surface area contributed by atoms with E-state index in [4.69, 9.17) is 21.1 Å². The molecule has 220 valence electrons. The summed E-state index contributed by atoms with van der Waals surface area (Å²) in [5.41, 5.74) is -1.78. The first-order valence-electron chi connectivity index (χ1n) is 12.1. The van der Waals surface area contributed by atoms with Crippen LogP contribution < -0.4 is 15.5 Å². The van der Waals surface area contributed by atoms with Gasteiger partial charge in [-0.3, -0.25) is 24.1 Å². The number of methoxy groups -OCH3 is 1. The number of rotatable bonds is 8. The maximum absolute atomic E-state index is 14.3. The second kappa shape index (κ2) is 13.3. The fourth-order valence-electron chi connectivity index (χ4n) is 5.25. The average Bonchev–Trinajstić information content (AvgIpc) is 2.82. The molecule has 0 radical (unpaired) electrons. The molecule has 1 fully saturated rings. The zero-order chi connectivity index (χ0) is 27.8. The number of esters is 1. The molecule has 0 bridgehead atoms. The van der Waals surface area contributed by atoms with Crippen molar-refractivity contribution in [1.29, 1.82) is 0 Å². The van der Waals surface area contributed by atoms with Crippen LogP contribution in [0.5, 0.6) is 5.75 Å². The van der Waals surface area contributed by atoms with Gasteiger partial charge in [0.05, 0.1) is 17.1 Å². The molecule has 1 saturated carbocycles. The van der Waals surface area contributed by atoms with Gasteiger partial charge >= 0.3 is 5.97 Å². The van der Waals surface area contributed by atoms with Crippen molar-refractivity contribution in [1.82, 2.24) is 19.7 Å². The first-order chi connectivity index (χ1) is 18.0. The van der Waals surface area contributed by atoms with Gasteiger partial charge in [-0.25, -0.2) is 4.39 Å². The number of aromatic nitrogens is 1. The SMILES string of the molecule is COCC1CC2(C1)CN(C)C(=O)c1c(OC(=O)CN(C)C)c(=O)c(C(=O)NCc3cccc(Cl)c3F)cn12.Cl.Cl. The van der Waals surface area contributed by atoms with Crippen molar-refractivity contribution in [3.05, 3.63) is 62.3 Å². The van der Waals surface area contributed by atoms with E-state index in [9.17, 15) is 23.6 Å². The van der Waals surface area contributed by atoms with Crippen LogP contribution >= 0.6 is 36.4 Å². The molecule has 14 heteroatoms. The van der Waals surface area contributed by atoms with E-state index in [1.165, 1.54) is 23.2 Å². The first-order valence-corrected chi connectivity index (χ1v) is 12.5. The van der Waals surface area contributed by atoms with Crippen LogP contribution in [0.15, 0.2) is 29.2 Å². The maximum Gasteiger partial charge on any atom is 0.325 e. The Kier molecular flexibility index (Phi) is 11.1. The predicted molar refractivity (Wildman–Crippen MR) is 152 cm³/mol. The Morgan fingerprint density at radius 3 is 2.52 bits per heavy atom. The Hall–Kier alpha value is -2.70. The summed E-state index contributed by atoms with van der Waals surface area (Å²) in [7, 11) is 6.54. The van der Waals surface area contributed by atoms with Crippen molar-refractivity contribution in [2.45, 2.75) is 24.9 Å². The van der Waals surface area contributed by atoms with Crippen molar-refractivity contribution in [3.8, 4) is 5.75 Å². The topological polar surface area (TPSA) is 110 Å². The van der Waals surface area contributed by atoms with Gasteiger partial charge in [-0.2, -0.15) is 0 Å². The number of hydrogen-bond acceptors (Lipinski definition) is 7. The third-order valence-corrected chi connectivity index (χ3v) is 7.17.